The summed E-state index contributed by atoms with van der Waals surface area (Å²) >= 11 is 7.50. The van der Waals surface area contributed by atoms with Crippen molar-refractivity contribution in [1.82, 2.24) is 9.78 Å². The van der Waals surface area contributed by atoms with E-state index in [1.165, 1.54) is 24.6 Å². The molecule has 1 aromatic carbocycles. The highest BCUT2D eigenvalue weighted by Crippen LogP contribution is 2.41. The molecule has 5 nitrogen and oxygen atoms in total. The third-order valence-electron chi connectivity index (χ3n) is 5.23. The number of rotatable bonds is 2. The molecule has 0 unspecified atom stereocenters. The molecule has 0 saturated heterocycles. The van der Waals surface area contributed by atoms with Crippen LogP contribution < -0.4 is 10.9 Å². The molecule has 1 amide bonds. The number of aromatic amines is 1. The van der Waals surface area contributed by atoms with Crippen LogP contribution in [0.1, 0.15) is 60.9 Å². The monoisotopic (exact) mass is 391 g/mol. The van der Waals surface area contributed by atoms with E-state index >= 15 is 0 Å². The molecule has 26 heavy (non-hydrogen) atoms. The van der Waals surface area contributed by atoms with Crippen molar-refractivity contribution in [3.63, 3.8) is 0 Å². The van der Waals surface area contributed by atoms with Crippen molar-refractivity contribution in [2.24, 2.45) is 0 Å². The highest BCUT2D eigenvalue weighted by molar-refractivity contribution is 8.00. The molecule has 1 atom stereocenters. The first-order valence-electron chi connectivity index (χ1n) is 9.15. The molecule has 0 spiro atoms. The lowest BCUT2D eigenvalue weighted by Crippen LogP contribution is -2.19. The number of carbonyl (C=O) groups excluding carboxylic acids is 1. The molecule has 1 aliphatic heterocycles. The largest absolute Gasteiger partial charge is 0.310 e. The SMILES string of the molecule is O=C1CS[C@H](c2ccc(Cl)cc2)c2c(n(C3CCCCCC3)[nH]c2=O)N1. The Bertz CT molecular complexity index is 851. The Morgan fingerprint density at radius 1 is 1.04 bits per heavy atom. The average molecular weight is 392 g/mol. The van der Waals surface area contributed by atoms with Gasteiger partial charge in [-0.1, -0.05) is 49.4 Å². The number of amides is 1. The summed E-state index contributed by atoms with van der Waals surface area (Å²) in [5.74, 6) is 0.914. The number of benzene rings is 1. The second-order valence-electron chi connectivity index (χ2n) is 7.01. The van der Waals surface area contributed by atoms with Crippen molar-refractivity contribution in [1.29, 1.82) is 0 Å². The van der Waals surface area contributed by atoms with Gasteiger partial charge in [-0.15, -0.1) is 11.8 Å². The number of H-pyrrole nitrogens is 1. The van der Waals surface area contributed by atoms with Gasteiger partial charge in [-0.3, -0.25) is 19.4 Å². The van der Waals surface area contributed by atoms with E-state index in [2.05, 4.69) is 10.4 Å². The van der Waals surface area contributed by atoms with E-state index in [0.29, 0.717) is 22.2 Å². The normalized spacial score (nSPS) is 21.6. The summed E-state index contributed by atoms with van der Waals surface area (Å²) in [6.45, 7) is 0. The number of nitrogens with one attached hydrogen (secondary N) is 2. The lowest BCUT2D eigenvalue weighted by atomic mass is 10.1. The smallest absolute Gasteiger partial charge is 0.270 e. The van der Waals surface area contributed by atoms with Gasteiger partial charge in [-0.2, -0.15) is 0 Å². The zero-order valence-electron chi connectivity index (χ0n) is 14.5. The predicted octanol–water partition coefficient (Wildman–Crippen LogP) is 4.50. The van der Waals surface area contributed by atoms with Crippen LogP contribution in [0.25, 0.3) is 0 Å². The summed E-state index contributed by atoms with van der Waals surface area (Å²) in [4.78, 5) is 25.2. The number of anilines is 1. The fraction of sp³-hybridized carbons (Fsp3) is 0.474. The van der Waals surface area contributed by atoms with Gasteiger partial charge in [-0.25, -0.2) is 0 Å². The summed E-state index contributed by atoms with van der Waals surface area (Å²) in [6, 6.07) is 7.76. The van der Waals surface area contributed by atoms with E-state index in [1.54, 1.807) is 0 Å². The molecule has 0 bridgehead atoms. The minimum Gasteiger partial charge on any atom is -0.310 e. The van der Waals surface area contributed by atoms with Crippen LogP contribution in [-0.2, 0) is 4.79 Å². The Kier molecular flexibility index (Phi) is 5.14. The molecule has 2 N–H and O–H groups in total. The van der Waals surface area contributed by atoms with E-state index in [1.807, 2.05) is 28.9 Å². The van der Waals surface area contributed by atoms with Crippen molar-refractivity contribution < 1.29 is 4.79 Å². The Hall–Kier alpha value is -1.66. The number of halogens is 1. The number of fused-ring (bicyclic) bond motifs is 1. The zero-order chi connectivity index (χ0) is 18.1. The maximum atomic E-state index is 12.9. The van der Waals surface area contributed by atoms with Gasteiger partial charge in [0.15, 0.2) is 0 Å². The Morgan fingerprint density at radius 2 is 1.73 bits per heavy atom. The number of hydrogen-bond acceptors (Lipinski definition) is 3. The van der Waals surface area contributed by atoms with Crippen molar-refractivity contribution >= 4 is 35.1 Å². The predicted molar refractivity (Wildman–Crippen MR) is 106 cm³/mol. The molecular weight excluding hydrogens is 370 g/mol. The molecule has 4 rings (SSSR count). The highest BCUT2D eigenvalue weighted by Gasteiger charge is 2.32. The fourth-order valence-electron chi connectivity index (χ4n) is 3.93. The van der Waals surface area contributed by atoms with Gasteiger partial charge in [0.05, 0.1) is 22.6 Å². The van der Waals surface area contributed by atoms with Crippen molar-refractivity contribution in [2.75, 3.05) is 11.1 Å². The van der Waals surface area contributed by atoms with E-state index in [9.17, 15) is 9.59 Å². The number of hydrogen-bond donors (Lipinski definition) is 2. The van der Waals surface area contributed by atoms with Crippen LogP contribution in [-0.4, -0.2) is 21.4 Å². The maximum Gasteiger partial charge on any atom is 0.270 e. The topological polar surface area (TPSA) is 66.9 Å². The second-order valence-corrected chi connectivity index (χ2v) is 8.54. The number of thioether (sulfide) groups is 1. The van der Waals surface area contributed by atoms with Gasteiger partial charge in [0.25, 0.3) is 5.56 Å². The van der Waals surface area contributed by atoms with Crippen LogP contribution >= 0.6 is 23.4 Å². The zero-order valence-corrected chi connectivity index (χ0v) is 16.0. The van der Waals surface area contributed by atoms with Crippen molar-refractivity contribution in [3.05, 3.63) is 50.8 Å². The van der Waals surface area contributed by atoms with Crippen molar-refractivity contribution in [3.8, 4) is 0 Å². The molecule has 138 valence electrons. The van der Waals surface area contributed by atoms with E-state index < -0.39 is 0 Å². The van der Waals surface area contributed by atoms with Gasteiger partial charge in [0.2, 0.25) is 5.91 Å². The fourth-order valence-corrected chi connectivity index (χ4v) is 5.19. The van der Waals surface area contributed by atoms with Crippen LogP contribution in [0.3, 0.4) is 0 Å². The molecule has 2 aliphatic rings. The van der Waals surface area contributed by atoms with Crippen LogP contribution in [0.5, 0.6) is 0 Å². The first-order valence-corrected chi connectivity index (χ1v) is 10.6. The van der Waals surface area contributed by atoms with E-state index in [4.69, 9.17) is 11.6 Å². The van der Waals surface area contributed by atoms with Gasteiger partial charge < -0.3 is 5.32 Å². The van der Waals surface area contributed by atoms with Gasteiger partial charge in [0.1, 0.15) is 5.82 Å². The molecule has 2 aromatic rings. The molecular formula is C19H22ClN3O2S. The van der Waals surface area contributed by atoms with Crippen LogP contribution in [0.4, 0.5) is 5.82 Å². The third kappa shape index (κ3) is 3.45. The van der Waals surface area contributed by atoms with Crippen LogP contribution in [0.2, 0.25) is 5.02 Å². The lowest BCUT2D eigenvalue weighted by Gasteiger charge is -2.19. The number of carbonyl (C=O) groups is 1. The first-order chi connectivity index (χ1) is 12.6. The lowest BCUT2D eigenvalue weighted by molar-refractivity contribution is -0.113. The summed E-state index contributed by atoms with van der Waals surface area (Å²) in [6.07, 6.45) is 6.85. The van der Waals surface area contributed by atoms with Crippen LogP contribution in [0.15, 0.2) is 29.1 Å². The number of nitrogens with zero attached hydrogens (tertiary/aromatic N) is 1. The highest BCUT2D eigenvalue weighted by atomic mass is 35.5. The molecule has 0 radical (unpaired) electrons. The minimum absolute atomic E-state index is 0.0610. The Labute approximate surface area is 161 Å². The van der Waals surface area contributed by atoms with Crippen molar-refractivity contribution in [2.45, 2.75) is 49.8 Å². The van der Waals surface area contributed by atoms with Crippen LogP contribution in [0, 0.1) is 0 Å². The van der Waals surface area contributed by atoms with E-state index in [-0.39, 0.29) is 22.8 Å². The van der Waals surface area contributed by atoms with Gasteiger partial charge in [0, 0.05) is 5.02 Å². The minimum atomic E-state index is -0.183. The molecule has 2 heterocycles. The third-order valence-corrected chi connectivity index (χ3v) is 6.75. The number of aromatic nitrogens is 2. The second kappa shape index (κ2) is 7.53. The summed E-state index contributed by atoms with van der Waals surface area (Å²) in [5, 5.41) is 6.48. The summed E-state index contributed by atoms with van der Waals surface area (Å²) < 4.78 is 1.93. The molecule has 1 aromatic heterocycles. The first kappa shape index (κ1) is 17.7. The quantitative estimate of drug-likeness (QED) is 0.740. The Morgan fingerprint density at radius 3 is 2.42 bits per heavy atom. The van der Waals surface area contributed by atoms with E-state index in [0.717, 1.165) is 31.2 Å². The van der Waals surface area contributed by atoms with Gasteiger partial charge in [-0.05, 0) is 30.5 Å². The molecule has 1 saturated carbocycles. The summed E-state index contributed by atoms with van der Waals surface area (Å²) in [7, 11) is 0. The molecule has 7 heteroatoms. The summed E-state index contributed by atoms with van der Waals surface area (Å²) in [5.41, 5.74) is 1.52. The maximum absolute atomic E-state index is 12.9. The Balaban J connectivity index is 1.79. The van der Waals surface area contributed by atoms with Gasteiger partial charge >= 0.3 is 0 Å². The molecule has 1 fully saturated rings. The standard InChI is InChI=1S/C19H22ClN3O2S/c20-13-9-7-12(8-10-13)17-16-18(21-15(24)11-26-17)23(22-19(16)25)14-5-3-1-2-4-6-14/h7-10,14,17H,1-6,11H2,(H,21,24)(H,22,25)/t17-/m1/s1. The average Bonchev–Trinajstić information content (AvgIpc) is 2.83. The molecule has 1 aliphatic carbocycles.